The van der Waals surface area contributed by atoms with Gasteiger partial charge in [-0.25, -0.2) is 0 Å². The highest BCUT2D eigenvalue weighted by molar-refractivity contribution is 6.04. The Balaban J connectivity index is 2.21. The highest BCUT2D eigenvalue weighted by Gasteiger charge is 2.23. The van der Waals surface area contributed by atoms with E-state index in [1.807, 2.05) is 37.3 Å². The third kappa shape index (κ3) is 2.69. The van der Waals surface area contributed by atoms with Crippen LogP contribution in [0.25, 0.3) is 0 Å². The molecule has 4 heteroatoms. The van der Waals surface area contributed by atoms with Crippen LogP contribution in [-0.2, 0) is 11.3 Å². The number of rotatable bonds is 2. The number of ether oxygens (including phenoxy) is 1. The van der Waals surface area contributed by atoms with Crippen molar-refractivity contribution in [2.75, 3.05) is 0 Å². The predicted molar refractivity (Wildman–Crippen MR) is 69.6 cm³/mol. The van der Waals surface area contributed by atoms with Gasteiger partial charge >= 0.3 is 0 Å². The molecule has 0 bridgehead atoms. The summed E-state index contributed by atoms with van der Waals surface area (Å²) in [7, 11) is 0. The third-order valence-corrected chi connectivity index (χ3v) is 2.75. The molecular weight excluding hydrogens is 226 g/mol. The summed E-state index contributed by atoms with van der Waals surface area (Å²) < 4.78 is 5.33. The molecule has 0 saturated carbocycles. The Labute approximate surface area is 106 Å². The molecule has 4 nitrogen and oxygen atoms in total. The summed E-state index contributed by atoms with van der Waals surface area (Å²) in [6, 6.07) is 12.0. The minimum atomic E-state index is -0.0309. The van der Waals surface area contributed by atoms with Crippen molar-refractivity contribution < 1.29 is 4.74 Å². The monoisotopic (exact) mass is 241 g/mol. The zero-order chi connectivity index (χ0) is 13.0. The Hall–Kier alpha value is -2.28. The fraction of sp³-hybridized carbons (Fsp3) is 0.286. The number of nitriles is 1. The van der Waals surface area contributed by atoms with Gasteiger partial charge in [0, 0.05) is 6.42 Å². The quantitative estimate of drug-likeness (QED) is 0.862. The minimum Gasteiger partial charge on any atom is -0.475 e. The van der Waals surface area contributed by atoms with Crippen molar-refractivity contribution in [2.24, 2.45) is 10.7 Å². The first-order valence-electron chi connectivity index (χ1n) is 5.85. The molecular formula is C14H15N3O. The van der Waals surface area contributed by atoms with Gasteiger partial charge in [0.05, 0.1) is 12.3 Å². The van der Waals surface area contributed by atoms with Crippen LogP contribution in [0.2, 0.25) is 0 Å². The van der Waals surface area contributed by atoms with E-state index in [2.05, 4.69) is 11.1 Å². The molecule has 0 saturated heterocycles. The van der Waals surface area contributed by atoms with Crippen LogP contribution in [0, 0.1) is 11.3 Å². The molecule has 0 aliphatic carbocycles. The zero-order valence-corrected chi connectivity index (χ0v) is 10.3. The number of hydrogen-bond donors (Lipinski definition) is 1. The first kappa shape index (κ1) is 12.2. The third-order valence-electron chi connectivity index (χ3n) is 2.75. The summed E-state index contributed by atoms with van der Waals surface area (Å²) in [5.41, 5.74) is 7.90. The summed E-state index contributed by atoms with van der Waals surface area (Å²) in [6.45, 7) is 2.47. The summed E-state index contributed by atoms with van der Waals surface area (Å²) in [6.07, 6.45) is 0.591. The van der Waals surface area contributed by atoms with E-state index < -0.39 is 0 Å². The van der Waals surface area contributed by atoms with Gasteiger partial charge in [-0.1, -0.05) is 30.3 Å². The molecule has 1 aliphatic heterocycles. The number of hydrogen-bond acceptors (Lipinski definition) is 4. The van der Waals surface area contributed by atoms with E-state index in [4.69, 9.17) is 15.7 Å². The largest absolute Gasteiger partial charge is 0.475 e. The van der Waals surface area contributed by atoms with E-state index in [1.54, 1.807) is 0 Å². The molecule has 18 heavy (non-hydrogen) atoms. The van der Waals surface area contributed by atoms with Crippen molar-refractivity contribution >= 4 is 5.71 Å². The summed E-state index contributed by atoms with van der Waals surface area (Å²) in [5.74, 6) is 0.183. The first-order valence-corrected chi connectivity index (χ1v) is 5.85. The lowest BCUT2D eigenvalue weighted by atomic mass is 10.0. The first-order chi connectivity index (χ1) is 8.70. The molecule has 1 aromatic rings. The second-order valence-corrected chi connectivity index (χ2v) is 4.23. The normalized spacial score (nSPS) is 21.6. The summed E-state index contributed by atoms with van der Waals surface area (Å²) >= 11 is 0. The van der Waals surface area contributed by atoms with Crippen molar-refractivity contribution in [3.05, 3.63) is 47.4 Å². The molecule has 1 aromatic carbocycles. The van der Waals surface area contributed by atoms with Gasteiger partial charge in [-0.05, 0) is 12.5 Å². The van der Waals surface area contributed by atoms with Crippen molar-refractivity contribution in [3.8, 4) is 6.07 Å². The van der Waals surface area contributed by atoms with Crippen LogP contribution in [0.4, 0.5) is 0 Å². The molecule has 0 aromatic heterocycles. The van der Waals surface area contributed by atoms with Crippen molar-refractivity contribution in [1.29, 1.82) is 5.26 Å². The van der Waals surface area contributed by atoms with E-state index in [1.165, 1.54) is 0 Å². The Kier molecular flexibility index (Phi) is 3.63. The predicted octanol–water partition coefficient (Wildman–Crippen LogP) is 2.13. The number of benzene rings is 1. The smallest absolute Gasteiger partial charge is 0.204 e. The highest BCUT2D eigenvalue weighted by atomic mass is 16.5. The van der Waals surface area contributed by atoms with Gasteiger partial charge in [-0.15, -0.1) is 0 Å². The highest BCUT2D eigenvalue weighted by Crippen LogP contribution is 2.19. The van der Waals surface area contributed by atoms with E-state index in [0.29, 0.717) is 18.5 Å². The maximum absolute atomic E-state index is 9.07. The second-order valence-electron chi connectivity index (χ2n) is 4.23. The van der Waals surface area contributed by atoms with Crippen LogP contribution in [0.15, 0.2) is 46.8 Å². The van der Waals surface area contributed by atoms with E-state index in [-0.39, 0.29) is 12.0 Å². The molecule has 1 aliphatic rings. The molecule has 0 amide bonds. The molecule has 1 atom stereocenters. The van der Waals surface area contributed by atoms with Gasteiger partial charge in [0.2, 0.25) is 5.88 Å². The average molecular weight is 241 g/mol. The fourth-order valence-electron chi connectivity index (χ4n) is 1.87. The number of allylic oxidation sites excluding steroid dienone is 1. The van der Waals surface area contributed by atoms with Crippen molar-refractivity contribution in [3.63, 3.8) is 0 Å². The van der Waals surface area contributed by atoms with Gasteiger partial charge in [0.15, 0.2) is 0 Å². The number of nitrogens with two attached hydrogens (primary N) is 1. The topological polar surface area (TPSA) is 71.4 Å². The summed E-state index contributed by atoms with van der Waals surface area (Å²) in [5, 5.41) is 9.07. The van der Waals surface area contributed by atoms with Crippen LogP contribution in [-0.4, -0.2) is 11.8 Å². The van der Waals surface area contributed by atoms with Crippen LogP contribution in [0.1, 0.15) is 18.9 Å². The minimum absolute atomic E-state index is 0.0309. The lowest BCUT2D eigenvalue weighted by Gasteiger charge is -2.22. The Bertz CT molecular complexity index is 526. The van der Waals surface area contributed by atoms with Crippen molar-refractivity contribution in [1.82, 2.24) is 0 Å². The molecule has 92 valence electrons. The lowest BCUT2D eigenvalue weighted by molar-refractivity contribution is 0.128. The molecule has 1 unspecified atom stereocenters. The van der Waals surface area contributed by atoms with Crippen LogP contribution < -0.4 is 5.73 Å². The maximum Gasteiger partial charge on any atom is 0.204 e. The van der Waals surface area contributed by atoms with Gasteiger partial charge in [0.25, 0.3) is 0 Å². The van der Waals surface area contributed by atoms with E-state index in [0.717, 1.165) is 11.3 Å². The molecule has 0 spiro atoms. The maximum atomic E-state index is 9.07. The Morgan fingerprint density at radius 3 is 2.83 bits per heavy atom. The van der Waals surface area contributed by atoms with Gasteiger partial charge in [-0.2, -0.15) is 5.26 Å². The molecule has 2 rings (SSSR count). The molecule has 0 radical (unpaired) electrons. The zero-order valence-electron chi connectivity index (χ0n) is 10.3. The van der Waals surface area contributed by atoms with Crippen LogP contribution >= 0.6 is 0 Å². The van der Waals surface area contributed by atoms with E-state index >= 15 is 0 Å². The van der Waals surface area contributed by atoms with Crippen LogP contribution in [0.5, 0.6) is 0 Å². The summed E-state index contributed by atoms with van der Waals surface area (Å²) in [4.78, 5) is 4.48. The number of aliphatic imine (C=N–C) groups is 1. The standard InChI is InChI=1S/C14H15N3O/c1-10-7-13(12(8-15)14(16)18-10)17-9-11-5-3-2-4-6-11/h2-6,10H,7,9,16H2,1H3. The molecule has 0 fully saturated rings. The van der Waals surface area contributed by atoms with E-state index in [9.17, 15) is 0 Å². The molecule has 1 heterocycles. The second kappa shape index (κ2) is 5.37. The Morgan fingerprint density at radius 2 is 2.17 bits per heavy atom. The van der Waals surface area contributed by atoms with Crippen molar-refractivity contribution in [2.45, 2.75) is 26.0 Å². The van der Waals surface area contributed by atoms with Gasteiger partial charge in [-0.3, -0.25) is 4.99 Å². The van der Waals surface area contributed by atoms with Gasteiger partial charge in [0.1, 0.15) is 17.7 Å². The molecule has 2 N–H and O–H groups in total. The lowest BCUT2D eigenvalue weighted by Crippen LogP contribution is -2.27. The van der Waals surface area contributed by atoms with Gasteiger partial charge < -0.3 is 10.5 Å². The SMILES string of the molecule is CC1CC(=NCc2ccccc2)C(C#N)=C(N)O1. The Morgan fingerprint density at radius 1 is 1.44 bits per heavy atom. The number of nitrogens with zero attached hydrogens (tertiary/aromatic N) is 2. The fourth-order valence-corrected chi connectivity index (χ4v) is 1.87. The average Bonchev–Trinajstić information content (AvgIpc) is 2.37. The van der Waals surface area contributed by atoms with Crippen LogP contribution in [0.3, 0.4) is 0 Å².